The summed E-state index contributed by atoms with van der Waals surface area (Å²) in [5, 5.41) is 13.0. The number of rotatable bonds is 3. The second-order valence-corrected chi connectivity index (χ2v) is 8.75. The number of thiazole rings is 1. The van der Waals surface area contributed by atoms with Crippen molar-refractivity contribution in [3.63, 3.8) is 0 Å². The molecule has 148 valence electrons. The molecule has 7 heteroatoms. The highest BCUT2D eigenvalue weighted by Crippen LogP contribution is 2.45. The van der Waals surface area contributed by atoms with E-state index in [9.17, 15) is 9.50 Å². The number of halogens is 1. The first-order chi connectivity index (χ1) is 14.6. The Morgan fingerprint density at radius 3 is 2.77 bits per heavy atom. The molecule has 6 rings (SSSR count). The number of benzene rings is 1. The average molecular weight is 416 g/mol. The predicted molar refractivity (Wildman–Crippen MR) is 116 cm³/mol. The lowest BCUT2D eigenvalue weighted by atomic mass is 9.81. The number of aliphatic hydroxyl groups is 1. The number of aromatic amines is 1. The van der Waals surface area contributed by atoms with Gasteiger partial charge in [-0.1, -0.05) is 24.3 Å². The van der Waals surface area contributed by atoms with E-state index in [2.05, 4.69) is 19.9 Å². The molecule has 1 aliphatic carbocycles. The standard InChI is InChI=1S/C23H17FN4OS/c24-16-11-26-21-15(19(16)18-12-27-22(30-18)23(29)7-3-8-23)10-17(28-21)14-6-1-4-13-5-2-9-25-20(13)14/h1-2,4-6,9-12,29H,3,7-8H2,(H,26,28). The van der Waals surface area contributed by atoms with Gasteiger partial charge in [0.1, 0.15) is 16.3 Å². The molecule has 5 aromatic rings. The van der Waals surface area contributed by atoms with Crippen molar-refractivity contribution in [1.82, 2.24) is 19.9 Å². The molecule has 2 N–H and O–H groups in total. The summed E-state index contributed by atoms with van der Waals surface area (Å²) >= 11 is 1.35. The van der Waals surface area contributed by atoms with E-state index in [0.29, 0.717) is 39.3 Å². The summed E-state index contributed by atoms with van der Waals surface area (Å²) in [5.41, 5.74) is 2.85. The quantitative estimate of drug-likeness (QED) is 0.412. The summed E-state index contributed by atoms with van der Waals surface area (Å²) in [6.45, 7) is 0. The minimum Gasteiger partial charge on any atom is -0.383 e. The number of pyridine rings is 2. The smallest absolute Gasteiger partial charge is 0.150 e. The average Bonchev–Trinajstić information content (AvgIpc) is 3.39. The highest BCUT2D eigenvalue weighted by molar-refractivity contribution is 7.15. The number of H-pyrrole nitrogens is 1. The monoisotopic (exact) mass is 416 g/mol. The molecule has 0 saturated heterocycles. The number of para-hydroxylation sites is 1. The first kappa shape index (κ1) is 17.7. The van der Waals surface area contributed by atoms with Crippen LogP contribution in [-0.2, 0) is 5.60 Å². The highest BCUT2D eigenvalue weighted by atomic mass is 32.1. The van der Waals surface area contributed by atoms with Crippen LogP contribution in [0.2, 0.25) is 0 Å². The van der Waals surface area contributed by atoms with E-state index < -0.39 is 11.4 Å². The number of hydrogen-bond donors (Lipinski definition) is 2. The number of fused-ring (bicyclic) bond motifs is 2. The van der Waals surface area contributed by atoms with E-state index in [1.54, 1.807) is 12.4 Å². The molecule has 5 nitrogen and oxygen atoms in total. The molecule has 0 radical (unpaired) electrons. The van der Waals surface area contributed by atoms with Crippen molar-refractivity contribution in [1.29, 1.82) is 0 Å². The molecule has 0 spiro atoms. The summed E-state index contributed by atoms with van der Waals surface area (Å²) in [5.74, 6) is -0.403. The van der Waals surface area contributed by atoms with Crippen molar-refractivity contribution >= 4 is 33.3 Å². The first-order valence-electron chi connectivity index (χ1n) is 9.83. The molecule has 0 bridgehead atoms. The maximum atomic E-state index is 14.9. The summed E-state index contributed by atoms with van der Waals surface area (Å²) in [6, 6.07) is 11.8. The van der Waals surface area contributed by atoms with Crippen LogP contribution in [0.25, 0.3) is 43.6 Å². The third-order valence-corrected chi connectivity index (χ3v) is 7.07. The van der Waals surface area contributed by atoms with Crippen LogP contribution >= 0.6 is 11.3 Å². The Bertz CT molecular complexity index is 1410. The maximum Gasteiger partial charge on any atom is 0.150 e. The van der Waals surface area contributed by atoms with Gasteiger partial charge in [0.2, 0.25) is 0 Å². The molecule has 1 aromatic carbocycles. The van der Waals surface area contributed by atoms with Gasteiger partial charge in [0, 0.05) is 40.0 Å². The maximum absolute atomic E-state index is 14.9. The minimum atomic E-state index is -0.858. The predicted octanol–water partition coefficient (Wildman–Crippen LogP) is 5.41. The molecule has 1 saturated carbocycles. The Labute approximate surface area is 175 Å². The SMILES string of the molecule is OC1(c2ncc(-c3c(F)cnc4[nH]c(-c5cccc6cccnc56)cc34)s2)CCC1. The lowest BCUT2D eigenvalue weighted by Gasteiger charge is -2.34. The van der Waals surface area contributed by atoms with Crippen LogP contribution in [0.1, 0.15) is 24.3 Å². The fourth-order valence-corrected chi connectivity index (χ4v) is 5.22. The third kappa shape index (κ3) is 2.59. The molecule has 4 heterocycles. The van der Waals surface area contributed by atoms with Crippen LogP contribution in [-0.4, -0.2) is 25.0 Å². The van der Waals surface area contributed by atoms with Crippen LogP contribution < -0.4 is 0 Å². The van der Waals surface area contributed by atoms with Gasteiger partial charge in [-0.25, -0.2) is 14.4 Å². The number of nitrogens with zero attached hydrogens (tertiary/aromatic N) is 3. The lowest BCUT2D eigenvalue weighted by molar-refractivity contribution is -0.0389. The second-order valence-electron chi connectivity index (χ2n) is 7.72. The lowest BCUT2D eigenvalue weighted by Crippen LogP contribution is -2.33. The van der Waals surface area contributed by atoms with Crippen LogP contribution in [0.15, 0.2) is 55.0 Å². The summed E-state index contributed by atoms with van der Waals surface area (Å²) < 4.78 is 14.9. The topological polar surface area (TPSA) is 74.7 Å². The molecule has 0 aliphatic heterocycles. The zero-order chi connectivity index (χ0) is 20.3. The third-order valence-electron chi connectivity index (χ3n) is 5.87. The number of hydrogen-bond acceptors (Lipinski definition) is 5. The Hall–Kier alpha value is -3.16. The molecule has 30 heavy (non-hydrogen) atoms. The van der Waals surface area contributed by atoms with Crippen LogP contribution in [0.3, 0.4) is 0 Å². The largest absolute Gasteiger partial charge is 0.383 e. The van der Waals surface area contributed by atoms with Crippen molar-refractivity contribution in [2.24, 2.45) is 0 Å². The van der Waals surface area contributed by atoms with E-state index in [1.807, 2.05) is 36.4 Å². The van der Waals surface area contributed by atoms with Gasteiger partial charge in [-0.3, -0.25) is 4.98 Å². The normalized spacial score (nSPS) is 15.5. The molecular formula is C23H17FN4OS. The summed E-state index contributed by atoms with van der Waals surface area (Å²) in [6.07, 6.45) is 7.05. The Morgan fingerprint density at radius 1 is 1.07 bits per heavy atom. The Morgan fingerprint density at radius 2 is 1.93 bits per heavy atom. The fraction of sp³-hybridized carbons (Fsp3) is 0.174. The molecule has 1 fully saturated rings. The summed E-state index contributed by atoms with van der Waals surface area (Å²) in [7, 11) is 0. The molecule has 1 aliphatic rings. The van der Waals surface area contributed by atoms with Gasteiger partial charge in [0.05, 0.1) is 16.6 Å². The van der Waals surface area contributed by atoms with Gasteiger partial charge < -0.3 is 10.1 Å². The zero-order valence-electron chi connectivity index (χ0n) is 15.9. The van der Waals surface area contributed by atoms with E-state index in [1.165, 1.54) is 17.5 Å². The fourth-order valence-electron chi connectivity index (χ4n) is 4.10. The van der Waals surface area contributed by atoms with Crippen LogP contribution in [0.4, 0.5) is 4.39 Å². The van der Waals surface area contributed by atoms with Crippen LogP contribution in [0, 0.1) is 5.82 Å². The van der Waals surface area contributed by atoms with Crippen molar-refractivity contribution in [2.75, 3.05) is 0 Å². The van der Waals surface area contributed by atoms with Crippen molar-refractivity contribution < 1.29 is 9.50 Å². The van der Waals surface area contributed by atoms with Crippen molar-refractivity contribution in [2.45, 2.75) is 24.9 Å². The zero-order valence-corrected chi connectivity index (χ0v) is 16.7. The number of aromatic nitrogens is 4. The second kappa shape index (κ2) is 6.42. The van der Waals surface area contributed by atoms with Crippen molar-refractivity contribution in [3.8, 4) is 21.7 Å². The molecular weight excluding hydrogens is 399 g/mol. The molecule has 0 atom stereocenters. The highest BCUT2D eigenvalue weighted by Gasteiger charge is 2.39. The minimum absolute atomic E-state index is 0.403. The Balaban J connectivity index is 1.53. The number of nitrogens with one attached hydrogen (secondary N) is 1. The van der Waals surface area contributed by atoms with E-state index in [0.717, 1.165) is 28.6 Å². The van der Waals surface area contributed by atoms with Gasteiger partial charge in [0.15, 0.2) is 5.82 Å². The van der Waals surface area contributed by atoms with E-state index >= 15 is 0 Å². The van der Waals surface area contributed by atoms with Crippen LogP contribution in [0.5, 0.6) is 0 Å². The van der Waals surface area contributed by atoms with Crippen molar-refractivity contribution in [3.05, 3.63) is 65.8 Å². The summed E-state index contributed by atoms with van der Waals surface area (Å²) in [4.78, 5) is 17.2. The molecule has 0 amide bonds. The van der Waals surface area contributed by atoms with Gasteiger partial charge >= 0.3 is 0 Å². The van der Waals surface area contributed by atoms with Gasteiger partial charge in [-0.05, 0) is 31.4 Å². The molecule has 0 unspecified atom stereocenters. The molecule has 4 aromatic heterocycles. The first-order valence-corrected chi connectivity index (χ1v) is 10.6. The van der Waals surface area contributed by atoms with Gasteiger partial charge in [-0.15, -0.1) is 11.3 Å². The van der Waals surface area contributed by atoms with Gasteiger partial charge in [-0.2, -0.15) is 0 Å². The van der Waals surface area contributed by atoms with Gasteiger partial charge in [0.25, 0.3) is 0 Å². The van der Waals surface area contributed by atoms with E-state index in [-0.39, 0.29) is 0 Å². The Kier molecular flexibility index (Phi) is 3.78. The van der Waals surface area contributed by atoms with E-state index in [4.69, 9.17) is 0 Å².